The average molecular weight is 246 g/mol. The molecule has 0 saturated heterocycles. The number of carbonyl (C=O) groups excluding carboxylic acids is 1. The van der Waals surface area contributed by atoms with Gasteiger partial charge in [-0.25, -0.2) is 5.43 Å². The van der Waals surface area contributed by atoms with Gasteiger partial charge in [0.25, 0.3) is 0 Å². The van der Waals surface area contributed by atoms with Crippen LogP contribution in [0.5, 0.6) is 0 Å². The van der Waals surface area contributed by atoms with Crippen molar-refractivity contribution >= 4 is 17.6 Å². The number of carboxylic acid groups (broad SMARTS) is 2. The maximum atomic E-state index is 10.7. The fourth-order valence-corrected chi connectivity index (χ4v) is 1.06. The molecule has 6 nitrogen and oxygen atoms in total. The third kappa shape index (κ3) is 6.28. The van der Waals surface area contributed by atoms with Gasteiger partial charge >= 0.3 is 35.5 Å². The zero-order valence-corrected chi connectivity index (χ0v) is 11.3. The third-order valence-electron chi connectivity index (χ3n) is 1.83. The van der Waals surface area contributed by atoms with Crippen LogP contribution in [0.25, 0.3) is 0 Å². The molecule has 0 aliphatic rings. The molecule has 1 rings (SSSR count). The predicted octanol–water partition coefficient (Wildman–Crippen LogP) is -3.80. The van der Waals surface area contributed by atoms with Crippen molar-refractivity contribution in [2.45, 2.75) is 12.5 Å². The first-order valence-electron chi connectivity index (χ1n) is 4.59. The summed E-state index contributed by atoms with van der Waals surface area (Å²) in [7, 11) is 0. The van der Waals surface area contributed by atoms with Crippen LogP contribution < -0.4 is 45.5 Å². The summed E-state index contributed by atoms with van der Waals surface area (Å²) in [6.07, 6.45) is -0.602. The average Bonchev–Trinajstić information content (AvgIpc) is 2.25. The van der Waals surface area contributed by atoms with Crippen LogP contribution in [0.4, 0.5) is 5.69 Å². The molecule has 0 saturated carbocycles. The van der Waals surface area contributed by atoms with Crippen LogP contribution in [-0.2, 0) is 9.59 Å². The zero-order chi connectivity index (χ0) is 12.0. The summed E-state index contributed by atoms with van der Waals surface area (Å²) in [6.45, 7) is 0. The van der Waals surface area contributed by atoms with Crippen LogP contribution in [0.15, 0.2) is 30.3 Å². The minimum atomic E-state index is -1.42. The zero-order valence-electron chi connectivity index (χ0n) is 9.34. The van der Waals surface area contributed by atoms with E-state index in [2.05, 4.69) is 10.9 Å². The van der Waals surface area contributed by atoms with Gasteiger partial charge in [-0.15, -0.1) is 0 Å². The minimum absolute atomic E-state index is 0. The van der Waals surface area contributed by atoms with Crippen molar-refractivity contribution in [1.82, 2.24) is 5.43 Å². The molecule has 0 amide bonds. The second-order valence-electron chi connectivity index (χ2n) is 3.10. The first kappa shape index (κ1) is 15.9. The summed E-state index contributed by atoms with van der Waals surface area (Å²) in [5.74, 6) is -2.68. The van der Waals surface area contributed by atoms with E-state index in [0.29, 0.717) is 5.69 Å². The molecule has 0 aliphatic carbocycles. The third-order valence-corrected chi connectivity index (χ3v) is 1.83. The number of hydrogen-bond donors (Lipinski definition) is 3. The van der Waals surface area contributed by atoms with E-state index in [1.807, 2.05) is 0 Å². The molecule has 17 heavy (non-hydrogen) atoms. The first-order valence-corrected chi connectivity index (χ1v) is 4.59. The number of hydrazine groups is 1. The van der Waals surface area contributed by atoms with E-state index in [4.69, 9.17) is 5.11 Å². The number of para-hydroxylation sites is 1. The van der Waals surface area contributed by atoms with E-state index in [1.54, 1.807) is 30.3 Å². The Bertz CT molecular complexity index is 372. The van der Waals surface area contributed by atoms with Crippen LogP contribution in [-0.4, -0.2) is 23.1 Å². The van der Waals surface area contributed by atoms with Gasteiger partial charge in [0.15, 0.2) is 0 Å². The first-order chi connectivity index (χ1) is 7.59. The molecule has 0 aromatic heterocycles. The molecule has 7 heteroatoms. The van der Waals surface area contributed by atoms with E-state index in [0.717, 1.165) is 0 Å². The molecule has 1 aromatic carbocycles. The maximum Gasteiger partial charge on any atom is 1.00 e. The summed E-state index contributed by atoms with van der Waals surface area (Å²) >= 11 is 0. The van der Waals surface area contributed by atoms with Crippen LogP contribution >= 0.6 is 0 Å². The number of nitrogens with one attached hydrogen (secondary N) is 2. The number of anilines is 1. The van der Waals surface area contributed by atoms with E-state index >= 15 is 0 Å². The second-order valence-corrected chi connectivity index (χ2v) is 3.10. The Morgan fingerprint density at radius 3 is 2.35 bits per heavy atom. The molecule has 1 atom stereocenters. The van der Waals surface area contributed by atoms with Gasteiger partial charge in [-0.2, -0.15) is 0 Å². The molecule has 0 radical (unpaired) electrons. The van der Waals surface area contributed by atoms with E-state index < -0.39 is 24.4 Å². The summed E-state index contributed by atoms with van der Waals surface area (Å²) in [5.41, 5.74) is 5.65. The van der Waals surface area contributed by atoms with Gasteiger partial charge in [-0.1, -0.05) is 18.2 Å². The van der Waals surface area contributed by atoms with Crippen LogP contribution in [0.3, 0.4) is 0 Å². The van der Waals surface area contributed by atoms with Crippen LogP contribution in [0.2, 0.25) is 0 Å². The number of aliphatic carboxylic acids is 2. The van der Waals surface area contributed by atoms with Gasteiger partial charge in [0.2, 0.25) is 0 Å². The van der Waals surface area contributed by atoms with Crippen molar-refractivity contribution in [2.75, 3.05) is 5.43 Å². The smallest absolute Gasteiger partial charge is 0.550 e. The molecule has 86 valence electrons. The number of carboxylic acids is 2. The van der Waals surface area contributed by atoms with Crippen molar-refractivity contribution < 1.29 is 49.4 Å². The summed E-state index contributed by atoms with van der Waals surface area (Å²) in [4.78, 5) is 20.9. The Hall–Kier alpha value is -1.08. The Balaban J connectivity index is 0.00000256. The van der Waals surface area contributed by atoms with Crippen LogP contribution in [0.1, 0.15) is 6.42 Å². The van der Waals surface area contributed by atoms with Crippen molar-refractivity contribution in [3.8, 4) is 0 Å². The molecule has 1 aromatic rings. The van der Waals surface area contributed by atoms with Gasteiger partial charge in [-0.3, -0.25) is 4.79 Å². The van der Waals surface area contributed by atoms with Crippen molar-refractivity contribution in [3.63, 3.8) is 0 Å². The minimum Gasteiger partial charge on any atom is -0.550 e. The summed E-state index contributed by atoms with van der Waals surface area (Å²) in [5, 5.41) is 19.0. The van der Waals surface area contributed by atoms with E-state index in [1.165, 1.54) is 0 Å². The van der Waals surface area contributed by atoms with Crippen molar-refractivity contribution in [3.05, 3.63) is 30.3 Å². The SMILES string of the molecule is O=C([O-])CC(NNc1ccccc1)C(=O)O.[Na+]. The fourth-order valence-electron chi connectivity index (χ4n) is 1.06. The molecule has 0 aliphatic heterocycles. The molecule has 0 bridgehead atoms. The number of hydrogen-bond acceptors (Lipinski definition) is 5. The molecule has 3 N–H and O–H groups in total. The van der Waals surface area contributed by atoms with Crippen molar-refractivity contribution in [1.29, 1.82) is 0 Å². The molecular weight excluding hydrogens is 235 g/mol. The Morgan fingerprint density at radius 2 is 1.88 bits per heavy atom. The van der Waals surface area contributed by atoms with Gasteiger partial charge in [0.1, 0.15) is 6.04 Å². The Labute approximate surface area is 120 Å². The molecule has 0 spiro atoms. The quantitative estimate of drug-likeness (QED) is 0.351. The summed E-state index contributed by atoms with van der Waals surface area (Å²) < 4.78 is 0. The monoisotopic (exact) mass is 246 g/mol. The largest absolute Gasteiger partial charge is 1.00 e. The number of carbonyl (C=O) groups is 2. The number of benzene rings is 1. The number of rotatable bonds is 6. The van der Waals surface area contributed by atoms with Gasteiger partial charge in [0, 0.05) is 18.1 Å². The van der Waals surface area contributed by atoms with Crippen LogP contribution in [0, 0.1) is 0 Å². The topological polar surface area (TPSA) is 101 Å². The fraction of sp³-hybridized carbons (Fsp3) is 0.200. The predicted molar refractivity (Wildman–Crippen MR) is 54.2 cm³/mol. The summed E-state index contributed by atoms with van der Waals surface area (Å²) in [6, 6.07) is 7.53. The molecule has 1 unspecified atom stereocenters. The standard InChI is InChI=1S/C10H12N2O4.Na/c13-9(14)6-8(10(15)16)12-11-7-4-2-1-3-5-7;/h1-5,8,11-12H,6H2,(H,13,14)(H,15,16);/q;+1/p-1. The Morgan fingerprint density at radius 1 is 1.29 bits per heavy atom. The van der Waals surface area contributed by atoms with Crippen molar-refractivity contribution in [2.24, 2.45) is 0 Å². The maximum absolute atomic E-state index is 10.7. The molecule has 0 heterocycles. The van der Waals surface area contributed by atoms with Gasteiger partial charge in [0.05, 0.1) is 0 Å². The molecule has 0 fully saturated rings. The normalized spacial score (nSPS) is 11.1. The van der Waals surface area contributed by atoms with E-state index in [-0.39, 0.29) is 29.6 Å². The Kier molecular flexibility index (Phi) is 7.56. The molecular formula is C10H11N2NaO4. The van der Waals surface area contributed by atoms with E-state index in [9.17, 15) is 14.7 Å². The van der Waals surface area contributed by atoms with Gasteiger partial charge in [-0.05, 0) is 12.1 Å². The van der Waals surface area contributed by atoms with Gasteiger partial charge < -0.3 is 20.4 Å². The second kappa shape index (κ2) is 8.08.